The zero-order valence-corrected chi connectivity index (χ0v) is 13.7. The van der Waals surface area contributed by atoms with Crippen LogP contribution in [0.4, 0.5) is 0 Å². The lowest BCUT2D eigenvalue weighted by molar-refractivity contribution is -0.139. The molecular weight excluding hydrogens is 276 g/mol. The molecule has 120 valence electrons. The van der Waals surface area contributed by atoms with Crippen LogP contribution in [0.25, 0.3) is 0 Å². The predicted molar refractivity (Wildman–Crippen MR) is 86.0 cm³/mol. The number of rotatable bonds is 3. The number of fused-ring (bicyclic) bond motifs is 1. The zero-order chi connectivity index (χ0) is 15.5. The van der Waals surface area contributed by atoms with E-state index in [0.29, 0.717) is 12.1 Å². The fourth-order valence-electron chi connectivity index (χ4n) is 3.85. The van der Waals surface area contributed by atoms with Crippen LogP contribution in [0.2, 0.25) is 0 Å². The standard InChI is InChI=1S/C18H26N2O2/c1-13-6-5-7-14(2)20(13)18(21)12-22-17-10-11-19-16-9-4-3-8-15(16)17/h10-11,13-14H,3-9,12H2,1-2H3. The molecule has 2 heterocycles. The molecule has 2 atom stereocenters. The van der Waals surface area contributed by atoms with Crippen molar-refractivity contribution < 1.29 is 9.53 Å². The molecule has 4 nitrogen and oxygen atoms in total. The summed E-state index contributed by atoms with van der Waals surface area (Å²) in [6.07, 6.45) is 9.64. The van der Waals surface area contributed by atoms with Crippen molar-refractivity contribution in [2.24, 2.45) is 0 Å². The summed E-state index contributed by atoms with van der Waals surface area (Å²) in [6, 6.07) is 2.55. The van der Waals surface area contributed by atoms with E-state index >= 15 is 0 Å². The summed E-state index contributed by atoms with van der Waals surface area (Å²) in [5, 5.41) is 0. The van der Waals surface area contributed by atoms with Crippen LogP contribution in [-0.4, -0.2) is 34.5 Å². The smallest absolute Gasteiger partial charge is 0.260 e. The second-order valence-electron chi connectivity index (χ2n) is 6.66. The van der Waals surface area contributed by atoms with Crippen LogP contribution in [0, 0.1) is 0 Å². The highest BCUT2D eigenvalue weighted by Gasteiger charge is 2.29. The molecule has 4 heteroatoms. The summed E-state index contributed by atoms with van der Waals surface area (Å²) in [5.41, 5.74) is 2.36. The molecule has 2 unspecified atom stereocenters. The number of nitrogens with zero attached hydrogens (tertiary/aromatic N) is 2. The molecule has 0 saturated carbocycles. The number of carbonyl (C=O) groups is 1. The first kappa shape index (κ1) is 15.3. The Morgan fingerprint density at radius 1 is 1.23 bits per heavy atom. The van der Waals surface area contributed by atoms with Crippen molar-refractivity contribution in [3.05, 3.63) is 23.5 Å². The minimum absolute atomic E-state index is 0.112. The molecule has 1 saturated heterocycles. The maximum Gasteiger partial charge on any atom is 0.260 e. The van der Waals surface area contributed by atoms with Crippen molar-refractivity contribution in [1.29, 1.82) is 0 Å². The van der Waals surface area contributed by atoms with Gasteiger partial charge in [0.15, 0.2) is 6.61 Å². The maximum absolute atomic E-state index is 12.5. The third-order valence-electron chi connectivity index (χ3n) is 5.03. The topological polar surface area (TPSA) is 42.4 Å². The Hall–Kier alpha value is -1.58. The Morgan fingerprint density at radius 3 is 2.73 bits per heavy atom. The minimum Gasteiger partial charge on any atom is -0.483 e. The van der Waals surface area contributed by atoms with E-state index in [9.17, 15) is 4.79 Å². The van der Waals surface area contributed by atoms with E-state index in [4.69, 9.17) is 4.74 Å². The van der Waals surface area contributed by atoms with Crippen LogP contribution in [-0.2, 0) is 17.6 Å². The number of pyridine rings is 1. The molecule has 0 spiro atoms. The summed E-state index contributed by atoms with van der Waals surface area (Å²) < 4.78 is 5.88. The number of aryl methyl sites for hydroxylation is 1. The fourth-order valence-corrected chi connectivity index (χ4v) is 3.85. The number of likely N-dealkylation sites (tertiary alicyclic amines) is 1. The van der Waals surface area contributed by atoms with Crippen molar-refractivity contribution in [3.8, 4) is 5.75 Å². The summed E-state index contributed by atoms with van der Waals surface area (Å²) in [4.78, 5) is 19.0. The van der Waals surface area contributed by atoms with Crippen molar-refractivity contribution in [3.63, 3.8) is 0 Å². The number of hydrogen-bond donors (Lipinski definition) is 0. The van der Waals surface area contributed by atoms with Crippen molar-refractivity contribution in [2.45, 2.75) is 70.9 Å². The lowest BCUT2D eigenvalue weighted by Gasteiger charge is -2.39. The first-order valence-electron chi connectivity index (χ1n) is 8.57. The summed E-state index contributed by atoms with van der Waals surface area (Å²) in [5.74, 6) is 0.969. The van der Waals surface area contributed by atoms with Gasteiger partial charge in [-0.25, -0.2) is 0 Å². The van der Waals surface area contributed by atoms with E-state index in [-0.39, 0.29) is 12.5 Å². The van der Waals surface area contributed by atoms with Crippen molar-refractivity contribution in [2.75, 3.05) is 6.61 Å². The van der Waals surface area contributed by atoms with Gasteiger partial charge < -0.3 is 9.64 Å². The molecule has 0 aromatic carbocycles. The highest BCUT2D eigenvalue weighted by molar-refractivity contribution is 5.78. The van der Waals surface area contributed by atoms with Crippen LogP contribution in [0.1, 0.15) is 57.2 Å². The summed E-state index contributed by atoms with van der Waals surface area (Å²) in [7, 11) is 0. The second-order valence-corrected chi connectivity index (χ2v) is 6.66. The van der Waals surface area contributed by atoms with Crippen LogP contribution in [0.15, 0.2) is 12.3 Å². The van der Waals surface area contributed by atoms with Gasteiger partial charge in [0.05, 0.1) is 0 Å². The molecule has 0 N–H and O–H groups in total. The van der Waals surface area contributed by atoms with E-state index in [0.717, 1.165) is 37.1 Å². The van der Waals surface area contributed by atoms with Gasteiger partial charge in [-0.05, 0) is 64.9 Å². The molecule has 1 aliphatic carbocycles. The Bertz CT molecular complexity index is 534. The lowest BCUT2D eigenvalue weighted by Crippen LogP contribution is -2.49. The van der Waals surface area contributed by atoms with Crippen LogP contribution >= 0.6 is 0 Å². The number of ether oxygens (including phenoxy) is 1. The molecule has 1 aromatic rings. The van der Waals surface area contributed by atoms with Crippen LogP contribution < -0.4 is 4.74 Å². The van der Waals surface area contributed by atoms with Crippen molar-refractivity contribution >= 4 is 5.91 Å². The van der Waals surface area contributed by atoms with Gasteiger partial charge in [0.2, 0.25) is 0 Å². The summed E-state index contributed by atoms with van der Waals surface area (Å²) in [6.45, 7) is 4.43. The van der Waals surface area contributed by atoms with Crippen molar-refractivity contribution in [1.82, 2.24) is 9.88 Å². The van der Waals surface area contributed by atoms with Crippen LogP contribution in [0.5, 0.6) is 5.75 Å². The molecule has 0 radical (unpaired) electrons. The van der Waals surface area contributed by atoms with E-state index in [2.05, 4.69) is 18.8 Å². The first-order valence-corrected chi connectivity index (χ1v) is 8.57. The maximum atomic E-state index is 12.5. The minimum atomic E-state index is 0.112. The number of amides is 1. The van der Waals surface area contributed by atoms with E-state index < -0.39 is 0 Å². The van der Waals surface area contributed by atoms with Gasteiger partial charge >= 0.3 is 0 Å². The third-order valence-corrected chi connectivity index (χ3v) is 5.03. The lowest BCUT2D eigenvalue weighted by atomic mass is 9.95. The zero-order valence-electron chi connectivity index (χ0n) is 13.7. The molecule has 3 rings (SSSR count). The highest BCUT2D eigenvalue weighted by Crippen LogP contribution is 2.28. The Kier molecular flexibility index (Phi) is 4.65. The third kappa shape index (κ3) is 3.11. The Morgan fingerprint density at radius 2 is 1.95 bits per heavy atom. The molecule has 0 bridgehead atoms. The number of aromatic nitrogens is 1. The normalized spacial score (nSPS) is 24.7. The second kappa shape index (κ2) is 6.67. The van der Waals surface area contributed by atoms with Gasteiger partial charge in [0, 0.05) is 29.5 Å². The van der Waals surface area contributed by atoms with Gasteiger partial charge in [-0.1, -0.05) is 0 Å². The monoisotopic (exact) mass is 302 g/mol. The first-order chi connectivity index (χ1) is 10.7. The van der Waals surface area contributed by atoms with Crippen LogP contribution in [0.3, 0.4) is 0 Å². The Labute approximate surface area is 132 Å². The highest BCUT2D eigenvalue weighted by atomic mass is 16.5. The predicted octanol–water partition coefficient (Wildman–Crippen LogP) is 3.13. The molecular formula is C18H26N2O2. The molecule has 1 fully saturated rings. The molecule has 1 amide bonds. The fraction of sp³-hybridized carbons (Fsp3) is 0.667. The van der Waals surface area contributed by atoms with Gasteiger partial charge in [0.1, 0.15) is 5.75 Å². The van der Waals surface area contributed by atoms with Gasteiger partial charge in [-0.3, -0.25) is 9.78 Å². The molecule has 1 aromatic heterocycles. The Balaban J connectivity index is 1.66. The average Bonchev–Trinajstić information content (AvgIpc) is 2.52. The largest absolute Gasteiger partial charge is 0.483 e. The van der Waals surface area contributed by atoms with Gasteiger partial charge in [0.25, 0.3) is 5.91 Å². The molecule has 2 aliphatic rings. The van der Waals surface area contributed by atoms with Gasteiger partial charge in [-0.15, -0.1) is 0 Å². The summed E-state index contributed by atoms with van der Waals surface area (Å²) >= 11 is 0. The van der Waals surface area contributed by atoms with Gasteiger partial charge in [-0.2, -0.15) is 0 Å². The number of piperidine rings is 1. The average molecular weight is 302 g/mol. The van der Waals surface area contributed by atoms with E-state index in [1.165, 1.54) is 24.8 Å². The number of hydrogen-bond acceptors (Lipinski definition) is 3. The SMILES string of the molecule is CC1CCCC(C)N1C(=O)COc1ccnc2c1CCCC2. The van der Waals surface area contributed by atoms with E-state index in [1.54, 1.807) is 6.20 Å². The quantitative estimate of drug-likeness (QED) is 0.861. The van der Waals surface area contributed by atoms with E-state index in [1.807, 2.05) is 11.0 Å². The molecule has 22 heavy (non-hydrogen) atoms. The number of carbonyl (C=O) groups excluding carboxylic acids is 1. The molecule has 1 aliphatic heterocycles.